The minimum absolute atomic E-state index is 0.385. The highest BCUT2D eigenvalue weighted by Crippen LogP contribution is 2.47. The lowest BCUT2D eigenvalue weighted by Crippen LogP contribution is -2.35. The predicted octanol–water partition coefficient (Wildman–Crippen LogP) is 6.61. The highest BCUT2D eigenvalue weighted by atomic mass is 35.6. The molecule has 1 atom stereocenters. The van der Waals surface area contributed by atoms with Gasteiger partial charge in [-0.2, -0.15) is 11.1 Å². The van der Waals surface area contributed by atoms with E-state index < -0.39 is 7.38 Å². The molecule has 0 bridgehead atoms. The summed E-state index contributed by atoms with van der Waals surface area (Å²) in [5.74, 6) is 1.43. The number of hydrogen-bond acceptors (Lipinski definition) is 0. The molecule has 0 saturated carbocycles. The molecule has 0 aliphatic heterocycles. The predicted molar refractivity (Wildman–Crippen MR) is 115 cm³/mol. The van der Waals surface area contributed by atoms with Gasteiger partial charge in [0, 0.05) is 21.1 Å². The maximum absolute atomic E-state index is 6.69. The van der Waals surface area contributed by atoms with Gasteiger partial charge in [0.05, 0.1) is 0 Å². The second kappa shape index (κ2) is 12.6. The van der Waals surface area contributed by atoms with Crippen molar-refractivity contribution >= 4 is 51.9 Å². The highest BCUT2D eigenvalue weighted by Gasteiger charge is 2.38. The topological polar surface area (TPSA) is 0 Å². The molecule has 136 valence electrons. The lowest BCUT2D eigenvalue weighted by atomic mass is 9.79. The summed E-state index contributed by atoms with van der Waals surface area (Å²) in [5.41, 5.74) is 0.647. The molecule has 0 N–H and O–H groups in total. The highest BCUT2D eigenvalue weighted by molar-refractivity contribution is 7.21. The number of alkyl halides is 2. The van der Waals surface area contributed by atoms with Crippen LogP contribution in [0.3, 0.4) is 0 Å². The summed E-state index contributed by atoms with van der Waals surface area (Å²) in [5, 5.41) is 0.796. The van der Waals surface area contributed by atoms with E-state index in [1.165, 1.54) is 42.3 Å². The van der Waals surface area contributed by atoms with Gasteiger partial charge in [-0.25, -0.2) is 0 Å². The standard InChI is InChI=1S/C14H31ClSi.C3H8Cl2Si/c1-6-7-8-9-10-13(15)14(16,11(2)3)12(4)5;1-6(2,5)3-4/h11-13H,6-10H2,1-5,16H3;3H2,1-2H3. The fraction of sp³-hybridized carbons (Fsp3) is 1.00. The molecule has 5 heteroatoms. The molecule has 0 aliphatic rings. The van der Waals surface area contributed by atoms with Crippen LogP contribution in [0.1, 0.15) is 66.7 Å². The first-order valence-corrected chi connectivity index (χ1v) is 15.0. The molecule has 0 aliphatic carbocycles. The maximum Gasteiger partial charge on any atom is 0.164 e. The average Bonchev–Trinajstić information content (AvgIpc) is 2.41. The van der Waals surface area contributed by atoms with Gasteiger partial charge in [-0.3, -0.25) is 0 Å². The average molecular weight is 406 g/mol. The third-order valence-electron chi connectivity index (χ3n) is 4.79. The molecule has 0 aromatic heterocycles. The van der Waals surface area contributed by atoms with E-state index in [4.69, 9.17) is 34.3 Å². The van der Waals surface area contributed by atoms with E-state index in [0.29, 0.717) is 27.8 Å². The fourth-order valence-electron chi connectivity index (χ4n) is 2.45. The quantitative estimate of drug-likeness (QED) is 0.175. The largest absolute Gasteiger partial charge is 0.166 e. The van der Waals surface area contributed by atoms with E-state index in [1.807, 2.05) is 13.1 Å². The molecule has 0 saturated heterocycles. The van der Waals surface area contributed by atoms with Crippen LogP contribution in [0.2, 0.25) is 18.1 Å². The van der Waals surface area contributed by atoms with Gasteiger partial charge in [0.25, 0.3) is 0 Å². The van der Waals surface area contributed by atoms with Crippen molar-refractivity contribution in [1.29, 1.82) is 0 Å². The van der Waals surface area contributed by atoms with E-state index in [0.717, 1.165) is 0 Å². The van der Waals surface area contributed by atoms with E-state index in [-0.39, 0.29) is 0 Å². The van der Waals surface area contributed by atoms with Gasteiger partial charge in [-0.15, -0.1) is 23.2 Å². The Kier molecular flexibility index (Phi) is 14.7. The molecule has 22 heavy (non-hydrogen) atoms. The van der Waals surface area contributed by atoms with Crippen molar-refractivity contribution in [2.45, 2.75) is 90.2 Å². The summed E-state index contributed by atoms with van der Waals surface area (Å²) < 4.78 is 0. The zero-order valence-corrected chi connectivity index (χ0v) is 21.4. The van der Waals surface area contributed by atoms with E-state index in [9.17, 15) is 0 Å². The van der Waals surface area contributed by atoms with Crippen LogP contribution in [0, 0.1) is 11.8 Å². The normalized spacial score (nSPS) is 14.2. The van der Waals surface area contributed by atoms with E-state index in [2.05, 4.69) is 34.6 Å². The van der Waals surface area contributed by atoms with Crippen molar-refractivity contribution < 1.29 is 0 Å². The molecule has 0 aromatic carbocycles. The molecular weight excluding hydrogens is 367 g/mol. The van der Waals surface area contributed by atoms with E-state index in [1.54, 1.807) is 0 Å². The second-order valence-electron chi connectivity index (χ2n) is 7.84. The third kappa shape index (κ3) is 11.0. The number of rotatable bonds is 9. The fourth-order valence-corrected chi connectivity index (χ4v) is 3.40. The Hall–Kier alpha value is 1.30. The first-order chi connectivity index (χ1) is 9.93. The molecule has 0 nitrogen and oxygen atoms in total. The van der Waals surface area contributed by atoms with Crippen molar-refractivity contribution in [3.8, 4) is 0 Å². The van der Waals surface area contributed by atoms with Gasteiger partial charge in [-0.05, 0) is 23.3 Å². The van der Waals surface area contributed by atoms with Crippen LogP contribution in [-0.4, -0.2) is 28.5 Å². The minimum atomic E-state index is -1.39. The number of unbranched alkanes of at least 4 members (excludes halogenated alkanes) is 3. The molecular formula is C17H39Cl3Si2. The molecule has 0 fully saturated rings. The van der Waals surface area contributed by atoms with Gasteiger partial charge in [0.2, 0.25) is 0 Å². The van der Waals surface area contributed by atoms with Crippen molar-refractivity contribution in [3.63, 3.8) is 0 Å². The summed E-state index contributed by atoms with van der Waals surface area (Å²) in [7, 11) is -0.185. The number of hydrogen-bond donors (Lipinski definition) is 0. The lowest BCUT2D eigenvalue weighted by Gasteiger charge is -2.42. The monoisotopic (exact) mass is 404 g/mol. The number of halogens is 3. The molecule has 0 radical (unpaired) electrons. The van der Waals surface area contributed by atoms with Crippen molar-refractivity contribution in [2.75, 3.05) is 5.50 Å². The van der Waals surface area contributed by atoms with Gasteiger partial charge in [0.1, 0.15) is 0 Å². The summed E-state index contributed by atoms with van der Waals surface area (Å²) >= 11 is 17.8. The second-order valence-corrected chi connectivity index (χ2v) is 17.7. The van der Waals surface area contributed by atoms with E-state index >= 15 is 0 Å². The SMILES string of the molecule is CCCCCCC(Cl)C([SiH3])(C(C)C)C(C)C.C[Si](C)(Cl)CCl. The van der Waals surface area contributed by atoms with Crippen molar-refractivity contribution in [1.82, 2.24) is 0 Å². The van der Waals surface area contributed by atoms with Gasteiger partial charge >= 0.3 is 0 Å². The summed E-state index contributed by atoms with van der Waals surface area (Å²) in [6.07, 6.45) is 6.55. The first kappa shape index (κ1) is 25.5. The van der Waals surface area contributed by atoms with Crippen LogP contribution >= 0.6 is 34.3 Å². The van der Waals surface area contributed by atoms with Crippen LogP contribution in [-0.2, 0) is 0 Å². The summed E-state index contributed by atoms with van der Waals surface area (Å²) in [6, 6.07) is 0. The Morgan fingerprint density at radius 1 is 1.00 bits per heavy atom. The molecule has 0 aromatic rings. The molecule has 0 spiro atoms. The Bertz CT molecular complexity index is 255. The van der Waals surface area contributed by atoms with Crippen molar-refractivity contribution in [3.05, 3.63) is 0 Å². The molecule has 0 rings (SSSR count). The Balaban J connectivity index is 0. The Morgan fingerprint density at radius 3 is 1.68 bits per heavy atom. The molecule has 0 heterocycles. The Morgan fingerprint density at radius 2 is 1.41 bits per heavy atom. The van der Waals surface area contributed by atoms with Gasteiger partial charge in [-0.1, -0.05) is 73.4 Å². The van der Waals surface area contributed by atoms with Crippen LogP contribution in [0.15, 0.2) is 0 Å². The van der Waals surface area contributed by atoms with Crippen LogP contribution < -0.4 is 0 Å². The lowest BCUT2D eigenvalue weighted by molar-refractivity contribution is 0.289. The zero-order valence-electron chi connectivity index (χ0n) is 16.1. The zero-order chi connectivity index (χ0) is 18.0. The van der Waals surface area contributed by atoms with Gasteiger partial charge in [0.15, 0.2) is 7.38 Å². The summed E-state index contributed by atoms with van der Waals surface area (Å²) in [6.45, 7) is 15.7. The van der Waals surface area contributed by atoms with Crippen molar-refractivity contribution in [2.24, 2.45) is 11.8 Å². The Labute approximate surface area is 159 Å². The smallest absolute Gasteiger partial charge is 0.164 e. The first-order valence-electron chi connectivity index (χ1n) is 8.82. The molecule has 1 unspecified atom stereocenters. The van der Waals surface area contributed by atoms with Crippen LogP contribution in [0.4, 0.5) is 0 Å². The van der Waals surface area contributed by atoms with Crippen LogP contribution in [0.25, 0.3) is 0 Å². The minimum Gasteiger partial charge on any atom is -0.166 e. The third-order valence-corrected chi connectivity index (χ3v) is 12.3. The molecule has 0 amide bonds. The maximum atomic E-state index is 6.69. The summed E-state index contributed by atoms with van der Waals surface area (Å²) in [4.78, 5) is 0. The van der Waals surface area contributed by atoms with Gasteiger partial charge < -0.3 is 0 Å². The van der Waals surface area contributed by atoms with Crippen LogP contribution in [0.5, 0.6) is 0 Å².